The molecule has 0 spiro atoms. The lowest BCUT2D eigenvalue weighted by atomic mass is 9.82. The summed E-state index contributed by atoms with van der Waals surface area (Å²) in [6.45, 7) is 45.8. The fourth-order valence-electron chi connectivity index (χ4n) is 13.2. The van der Waals surface area contributed by atoms with Gasteiger partial charge in [-0.05, 0) is 164 Å². The van der Waals surface area contributed by atoms with Gasteiger partial charge in [-0.2, -0.15) is 42.1 Å². The summed E-state index contributed by atoms with van der Waals surface area (Å²) in [4.78, 5) is 25.3. The van der Waals surface area contributed by atoms with Crippen molar-refractivity contribution in [2.24, 2.45) is 0 Å². The zero-order chi connectivity index (χ0) is 89.5. The number of aromatic nitrogens is 6. The molecule has 122 heavy (non-hydrogen) atoms. The Kier molecular flexibility index (Phi) is 30.6. The summed E-state index contributed by atoms with van der Waals surface area (Å²) in [6, 6.07) is 90.8. The second kappa shape index (κ2) is 40.2. The SMILES string of the molecule is CC(C)(C)c1ccc(-c2ccc(C#N)cc2)nc1.CC(C)(C)c1ccc(-c2ccc(C#N)cn2)cc1.CC(C)(C)c1ccc(-c2cnc(C#N)cn2)cc1.CC(C)(C)c1ccc(-c2nccnc2C#N)cc1.CC(C)(C)c1ccc(C#N)c2cc(C#N)ccc12.CC(C)(C)c1ccc(C#N)c2ccccc12.CC(C)(C)c1cccc2c(C#N)cccc12. The molecule has 608 valence electrons. The smallest absolute Gasteiger partial charge is 0.166 e. The highest BCUT2D eigenvalue weighted by Gasteiger charge is 2.23. The van der Waals surface area contributed by atoms with E-state index >= 15 is 0 Å². The molecule has 0 fully saturated rings. The maximum atomic E-state index is 9.16. The first-order chi connectivity index (χ1) is 57.6. The van der Waals surface area contributed by atoms with Gasteiger partial charge in [-0.25, -0.2) is 9.97 Å². The van der Waals surface area contributed by atoms with E-state index in [1.807, 2.05) is 140 Å². The third-order valence-corrected chi connectivity index (χ3v) is 20.3. The molecule has 14 aromatic rings. The fraction of sp³-hybridized carbons (Fsp3) is 0.259. The van der Waals surface area contributed by atoms with Crippen molar-refractivity contribution < 1.29 is 0 Å². The molecule has 4 aromatic heterocycles. The molecular formula is C108H106N14. The fourth-order valence-corrected chi connectivity index (χ4v) is 13.2. The zero-order valence-corrected chi connectivity index (χ0v) is 74.1. The Morgan fingerprint density at radius 1 is 0.221 bits per heavy atom. The van der Waals surface area contributed by atoms with Crippen molar-refractivity contribution in [3.8, 4) is 93.6 Å². The molecule has 10 aromatic carbocycles. The van der Waals surface area contributed by atoms with Crippen molar-refractivity contribution >= 4 is 32.3 Å². The van der Waals surface area contributed by atoms with Crippen LogP contribution >= 0.6 is 0 Å². The highest BCUT2D eigenvalue weighted by Crippen LogP contribution is 2.37. The third kappa shape index (κ3) is 25.0. The molecule has 0 amide bonds. The van der Waals surface area contributed by atoms with Crippen LogP contribution in [-0.2, 0) is 37.9 Å². The number of nitrogens with zero attached hydrogens (tertiary/aromatic N) is 14. The first kappa shape index (κ1) is 92.9. The Bertz CT molecular complexity index is 5990. The summed E-state index contributed by atoms with van der Waals surface area (Å²) in [6.07, 6.45) is 9.79. The Morgan fingerprint density at radius 3 is 1.01 bits per heavy atom. The van der Waals surface area contributed by atoms with Crippen molar-refractivity contribution in [2.75, 3.05) is 0 Å². The maximum absolute atomic E-state index is 9.16. The molecule has 0 aliphatic carbocycles. The van der Waals surface area contributed by atoms with E-state index in [-0.39, 0.29) is 37.9 Å². The topological polar surface area (TPSA) is 268 Å². The van der Waals surface area contributed by atoms with Gasteiger partial charge in [0.15, 0.2) is 11.4 Å². The highest BCUT2D eigenvalue weighted by molar-refractivity contribution is 5.94. The van der Waals surface area contributed by atoms with E-state index in [0.29, 0.717) is 39.3 Å². The predicted octanol–water partition coefficient (Wildman–Crippen LogP) is 26.4. The minimum atomic E-state index is 0.0143. The molecule has 0 bridgehead atoms. The molecular weight excluding hydrogens is 1490 g/mol. The minimum Gasteiger partial charge on any atom is -0.256 e. The first-order valence-electron chi connectivity index (χ1n) is 40.4. The first-order valence-corrected chi connectivity index (χ1v) is 40.4. The predicted molar refractivity (Wildman–Crippen MR) is 495 cm³/mol. The van der Waals surface area contributed by atoms with Gasteiger partial charge in [-0.3, -0.25) is 19.9 Å². The van der Waals surface area contributed by atoms with Crippen LogP contribution in [0.1, 0.15) is 229 Å². The molecule has 0 radical (unpaired) electrons. The van der Waals surface area contributed by atoms with E-state index in [1.165, 1.54) is 62.1 Å². The number of fused-ring (bicyclic) bond motifs is 3. The van der Waals surface area contributed by atoms with Crippen molar-refractivity contribution in [1.82, 2.24) is 29.9 Å². The zero-order valence-electron chi connectivity index (χ0n) is 74.1. The number of rotatable bonds is 4. The van der Waals surface area contributed by atoms with Gasteiger partial charge in [0.2, 0.25) is 0 Å². The molecule has 0 N–H and O–H groups in total. The van der Waals surface area contributed by atoms with Gasteiger partial charge in [0.25, 0.3) is 0 Å². The quantitative estimate of drug-likeness (QED) is 0.159. The second-order valence-corrected chi connectivity index (χ2v) is 36.7. The van der Waals surface area contributed by atoms with Crippen LogP contribution < -0.4 is 0 Å². The summed E-state index contributed by atoms with van der Waals surface area (Å²) < 4.78 is 0. The van der Waals surface area contributed by atoms with Crippen LogP contribution in [0.4, 0.5) is 0 Å². The van der Waals surface area contributed by atoms with Gasteiger partial charge in [-0.1, -0.05) is 309 Å². The number of hydrogen-bond acceptors (Lipinski definition) is 14. The minimum absolute atomic E-state index is 0.0143. The molecule has 0 atom stereocenters. The van der Waals surface area contributed by atoms with Gasteiger partial charge in [0.1, 0.15) is 23.9 Å². The van der Waals surface area contributed by atoms with Crippen LogP contribution in [0.2, 0.25) is 0 Å². The molecule has 0 aliphatic heterocycles. The van der Waals surface area contributed by atoms with Gasteiger partial charge < -0.3 is 0 Å². The van der Waals surface area contributed by atoms with Gasteiger partial charge in [-0.15, -0.1) is 0 Å². The average molecular weight is 1600 g/mol. The van der Waals surface area contributed by atoms with Crippen LogP contribution in [0.3, 0.4) is 0 Å². The third-order valence-electron chi connectivity index (χ3n) is 20.3. The van der Waals surface area contributed by atoms with E-state index < -0.39 is 0 Å². The van der Waals surface area contributed by atoms with Crippen LogP contribution in [0.25, 0.3) is 77.3 Å². The average Bonchev–Trinajstić information content (AvgIpc) is 0.783. The lowest BCUT2D eigenvalue weighted by molar-refractivity contribution is 0.587. The highest BCUT2D eigenvalue weighted by atomic mass is 14.8. The lowest BCUT2D eigenvalue weighted by Gasteiger charge is -2.21. The van der Waals surface area contributed by atoms with Crippen LogP contribution in [0.5, 0.6) is 0 Å². The van der Waals surface area contributed by atoms with Crippen molar-refractivity contribution in [3.05, 3.63) is 345 Å². The summed E-state index contributed by atoms with van der Waals surface area (Å²) in [5.74, 6) is 0. The van der Waals surface area contributed by atoms with Crippen molar-refractivity contribution in [2.45, 2.75) is 183 Å². The summed E-state index contributed by atoms with van der Waals surface area (Å²) in [7, 11) is 0. The Balaban J connectivity index is 0.000000177. The Morgan fingerprint density at radius 2 is 0.590 bits per heavy atom. The standard InChI is InChI=1S/C16H16N2.C16H14N2.C16H16N2.2C15H15N3.2C15H15N/c1-16(2,3)14-7-5-13(6-8-14)15-9-4-12(10-17)11-18-15;1-16(2,3)15-7-5-12(10-18)14-8-11(9-17)4-6-13(14)15;1-16(2,3)14-8-9-15(18-11-14)13-6-4-12(10-17)5-7-13;1-15(2,3)12-6-4-11(5-7-12)14-10-17-13(8-16)9-18-14;1-15(2,3)12-6-4-11(5-7-12)14-13(10-16)17-8-9-18-14;1-15(2,3)14-9-5-7-12-11(10-16)6-4-8-13(12)14;1-15(2,3)14-9-8-11(10-16)12-6-4-5-7-13(12)14/h4-9,11H,1-3H3;4-8H,1-3H3;4-9,11H,1-3H3;4-7,9-10H,1-3H3;4-9H,1-3H3;2*4-9H,1-3H3. The summed E-state index contributed by atoms with van der Waals surface area (Å²) in [5, 5.41) is 77.9. The summed E-state index contributed by atoms with van der Waals surface area (Å²) in [5.41, 5.74) is 21.6. The van der Waals surface area contributed by atoms with E-state index in [4.69, 9.17) is 42.1 Å². The number of nitriles is 8. The van der Waals surface area contributed by atoms with Crippen LogP contribution in [0, 0.1) is 90.6 Å². The van der Waals surface area contributed by atoms with Crippen LogP contribution in [0.15, 0.2) is 262 Å². The number of hydrogen-bond donors (Lipinski definition) is 0. The Labute approximate surface area is 722 Å². The van der Waals surface area contributed by atoms with Crippen LogP contribution in [-0.4, -0.2) is 29.9 Å². The van der Waals surface area contributed by atoms with Crippen molar-refractivity contribution in [1.29, 1.82) is 42.1 Å². The molecule has 0 aliphatic rings. The van der Waals surface area contributed by atoms with Gasteiger partial charge >= 0.3 is 0 Å². The van der Waals surface area contributed by atoms with E-state index in [0.717, 1.165) is 72.0 Å². The largest absolute Gasteiger partial charge is 0.256 e. The van der Waals surface area contributed by atoms with Gasteiger partial charge in [0, 0.05) is 52.4 Å². The second-order valence-electron chi connectivity index (χ2n) is 36.7. The number of pyridine rings is 2. The maximum Gasteiger partial charge on any atom is 0.166 e. The van der Waals surface area contributed by atoms with Gasteiger partial charge in [0.05, 0.1) is 93.2 Å². The van der Waals surface area contributed by atoms with E-state index in [1.54, 1.807) is 36.8 Å². The Hall–Kier alpha value is -14.6. The van der Waals surface area contributed by atoms with E-state index in [2.05, 4.69) is 297 Å². The lowest BCUT2D eigenvalue weighted by Crippen LogP contribution is -2.11. The molecule has 14 heteroatoms. The number of benzene rings is 10. The molecule has 14 nitrogen and oxygen atoms in total. The molecule has 0 unspecified atom stereocenters. The normalized spacial score (nSPS) is 11.1. The van der Waals surface area contributed by atoms with E-state index in [9.17, 15) is 0 Å². The molecule has 4 heterocycles. The molecule has 0 saturated carbocycles. The monoisotopic (exact) mass is 1600 g/mol. The molecule has 14 rings (SSSR count). The summed E-state index contributed by atoms with van der Waals surface area (Å²) >= 11 is 0. The van der Waals surface area contributed by atoms with Crippen molar-refractivity contribution in [3.63, 3.8) is 0 Å². The molecule has 0 saturated heterocycles.